The summed E-state index contributed by atoms with van der Waals surface area (Å²) in [5.41, 5.74) is 0. The number of likely N-dealkylation sites (tertiary alicyclic amines) is 1. The quantitative estimate of drug-likeness (QED) is 0.703. The first-order chi connectivity index (χ1) is 7.56. The second-order valence-corrected chi connectivity index (χ2v) is 4.96. The zero-order valence-corrected chi connectivity index (χ0v) is 9.48. The molecule has 1 aliphatic heterocycles. The van der Waals surface area contributed by atoms with E-state index < -0.39 is 5.97 Å². The fourth-order valence-electron chi connectivity index (χ4n) is 2.22. The van der Waals surface area contributed by atoms with Gasteiger partial charge in [-0.1, -0.05) is 6.92 Å². The molecule has 90 valence electrons. The summed E-state index contributed by atoms with van der Waals surface area (Å²) in [5, 5.41) is 11.9. The van der Waals surface area contributed by atoms with E-state index in [1.165, 1.54) is 0 Å². The number of carboxylic acids is 1. The van der Waals surface area contributed by atoms with Crippen molar-refractivity contribution in [2.45, 2.75) is 25.8 Å². The molecule has 2 unspecified atom stereocenters. The minimum absolute atomic E-state index is 0.0285. The van der Waals surface area contributed by atoms with Crippen LogP contribution in [0.3, 0.4) is 0 Å². The number of nitrogens with one attached hydrogen (secondary N) is 1. The van der Waals surface area contributed by atoms with Crippen LogP contribution in [0.25, 0.3) is 0 Å². The molecule has 1 heterocycles. The Morgan fingerprint density at radius 3 is 2.56 bits per heavy atom. The lowest BCUT2D eigenvalue weighted by atomic mass is 9.99. The molecule has 1 saturated carbocycles. The Hall–Kier alpha value is -1.10. The summed E-state index contributed by atoms with van der Waals surface area (Å²) < 4.78 is 0. The normalized spacial score (nSPS) is 30.3. The van der Waals surface area contributed by atoms with Crippen LogP contribution in [0.4, 0.5) is 0 Å². The molecule has 2 N–H and O–H groups in total. The highest BCUT2D eigenvalue weighted by Gasteiger charge is 2.35. The molecule has 0 radical (unpaired) electrons. The fourth-order valence-corrected chi connectivity index (χ4v) is 2.22. The van der Waals surface area contributed by atoms with E-state index in [4.69, 9.17) is 5.11 Å². The second-order valence-electron chi connectivity index (χ2n) is 4.96. The molecule has 5 nitrogen and oxygen atoms in total. The zero-order valence-electron chi connectivity index (χ0n) is 9.48. The number of rotatable bonds is 4. The van der Waals surface area contributed by atoms with Gasteiger partial charge in [-0.05, 0) is 18.8 Å². The maximum Gasteiger partial charge on any atom is 0.308 e. The number of amides is 1. The number of carbonyl (C=O) groups is 2. The second kappa shape index (κ2) is 4.41. The van der Waals surface area contributed by atoms with E-state index in [-0.39, 0.29) is 17.7 Å². The van der Waals surface area contributed by atoms with Crippen LogP contribution in [0.5, 0.6) is 0 Å². The van der Waals surface area contributed by atoms with Crippen LogP contribution in [0.15, 0.2) is 0 Å². The van der Waals surface area contributed by atoms with E-state index in [2.05, 4.69) is 5.32 Å². The number of aliphatic carboxylic acids is 1. The number of nitrogens with zero attached hydrogens (tertiary/aromatic N) is 1. The van der Waals surface area contributed by atoms with Gasteiger partial charge in [-0.15, -0.1) is 0 Å². The average molecular weight is 226 g/mol. The average Bonchev–Trinajstić information content (AvgIpc) is 2.89. The topological polar surface area (TPSA) is 69.6 Å². The summed E-state index contributed by atoms with van der Waals surface area (Å²) in [7, 11) is 0. The molecule has 2 rings (SSSR count). The lowest BCUT2D eigenvalue weighted by molar-refractivity contribution is -0.142. The monoisotopic (exact) mass is 226 g/mol. The molecular weight excluding hydrogens is 208 g/mol. The lowest BCUT2D eigenvalue weighted by Gasteiger charge is -2.14. The molecule has 0 aromatic heterocycles. The summed E-state index contributed by atoms with van der Waals surface area (Å²) in [6.07, 6.45) is 2.17. The van der Waals surface area contributed by atoms with Crippen LogP contribution in [0, 0.1) is 11.8 Å². The largest absolute Gasteiger partial charge is 0.481 e. The van der Waals surface area contributed by atoms with Crippen LogP contribution in [-0.2, 0) is 9.59 Å². The van der Waals surface area contributed by atoms with Crippen molar-refractivity contribution in [3.05, 3.63) is 0 Å². The van der Waals surface area contributed by atoms with Gasteiger partial charge < -0.3 is 10.4 Å². The first-order valence-corrected chi connectivity index (χ1v) is 5.81. The molecule has 16 heavy (non-hydrogen) atoms. The Kier molecular flexibility index (Phi) is 3.14. The van der Waals surface area contributed by atoms with Gasteiger partial charge in [0.2, 0.25) is 5.91 Å². The Bertz CT molecular complexity index is 302. The van der Waals surface area contributed by atoms with Crippen molar-refractivity contribution >= 4 is 11.9 Å². The van der Waals surface area contributed by atoms with E-state index in [1.807, 2.05) is 11.8 Å². The first-order valence-electron chi connectivity index (χ1n) is 5.81. The Morgan fingerprint density at radius 1 is 1.38 bits per heavy atom. The van der Waals surface area contributed by atoms with Crippen LogP contribution >= 0.6 is 0 Å². The third-order valence-electron chi connectivity index (χ3n) is 3.31. The smallest absolute Gasteiger partial charge is 0.308 e. The number of hydrogen-bond acceptors (Lipinski definition) is 3. The van der Waals surface area contributed by atoms with Gasteiger partial charge in [-0.2, -0.15) is 0 Å². The molecule has 1 aliphatic carbocycles. The number of carboxylic acid groups (broad SMARTS) is 1. The molecule has 5 heteroatoms. The van der Waals surface area contributed by atoms with Crippen LogP contribution in [0.2, 0.25) is 0 Å². The zero-order chi connectivity index (χ0) is 11.7. The highest BCUT2D eigenvalue weighted by atomic mass is 16.4. The van der Waals surface area contributed by atoms with Crippen molar-refractivity contribution in [3.63, 3.8) is 0 Å². The molecule has 1 saturated heterocycles. The summed E-state index contributed by atoms with van der Waals surface area (Å²) >= 11 is 0. The maximum absolute atomic E-state index is 11.5. The van der Waals surface area contributed by atoms with Crippen molar-refractivity contribution in [1.82, 2.24) is 10.2 Å². The lowest BCUT2D eigenvalue weighted by Crippen LogP contribution is -2.37. The van der Waals surface area contributed by atoms with Crippen molar-refractivity contribution in [2.24, 2.45) is 11.8 Å². The van der Waals surface area contributed by atoms with Gasteiger partial charge in [0.1, 0.15) is 0 Å². The molecule has 2 aliphatic rings. The molecule has 0 aromatic carbocycles. The molecule has 0 bridgehead atoms. The van der Waals surface area contributed by atoms with Gasteiger partial charge in [-0.3, -0.25) is 14.5 Å². The van der Waals surface area contributed by atoms with E-state index >= 15 is 0 Å². The van der Waals surface area contributed by atoms with Crippen molar-refractivity contribution in [1.29, 1.82) is 0 Å². The summed E-state index contributed by atoms with van der Waals surface area (Å²) in [4.78, 5) is 24.4. The molecular formula is C11H18N2O3. The Labute approximate surface area is 94.8 Å². The summed E-state index contributed by atoms with van der Waals surface area (Å²) in [6.45, 7) is 3.46. The third-order valence-corrected chi connectivity index (χ3v) is 3.31. The van der Waals surface area contributed by atoms with Gasteiger partial charge in [0.25, 0.3) is 0 Å². The standard InChI is InChI=1S/C11H18N2O3/c1-7-4-13(5-9(7)11(15)16)6-10(14)12-8-2-3-8/h7-9H,2-6H2,1H3,(H,12,14)(H,15,16). The Balaban J connectivity index is 1.78. The van der Waals surface area contributed by atoms with Crippen LogP contribution < -0.4 is 5.32 Å². The highest BCUT2D eigenvalue weighted by molar-refractivity contribution is 5.79. The van der Waals surface area contributed by atoms with E-state index in [9.17, 15) is 9.59 Å². The van der Waals surface area contributed by atoms with Crippen molar-refractivity contribution in [3.8, 4) is 0 Å². The third kappa shape index (κ3) is 2.72. The maximum atomic E-state index is 11.5. The predicted molar refractivity (Wildman–Crippen MR) is 57.9 cm³/mol. The molecule has 0 spiro atoms. The van der Waals surface area contributed by atoms with Gasteiger partial charge in [0.15, 0.2) is 0 Å². The van der Waals surface area contributed by atoms with Crippen molar-refractivity contribution < 1.29 is 14.7 Å². The Morgan fingerprint density at radius 2 is 2.06 bits per heavy atom. The minimum atomic E-state index is -0.752. The van der Waals surface area contributed by atoms with E-state index in [0.717, 1.165) is 12.8 Å². The number of carbonyl (C=O) groups excluding carboxylic acids is 1. The summed E-state index contributed by atoms with van der Waals surface area (Å²) in [5.74, 6) is -0.918. The predicted octanol–water partition coefficient (Wildman–Crippen LogP) is -0.0825. The first kappa shape index (κ1) is 11.4. The molecule has 2 fully saturated rings. The SMILES string of the molecule is CC1CN(CC(=O)NC2CC2)CC1C(=O)O. The number of hydrogen-bond donors (Lipinski definition) is 2. The van der Waals surface area contributed by atoms with Gasteiger partial charge in [-0.25, -0.2) is 0 Å². The summed E-state index contributed by atoms with van der Waals surface area (Å²) in [6, 6.07) is 0.378. The highest BCUT2D eigenvalue weighted by Crippen LogP contribution is 2.23. The van der Waals surface area contributed by atoms with E-state index in [0.29, 0.717) is 25.7 Å². The van der Waals surface area contributed by atoms with Crippen LogP contribution in [0.1, 0.15) is 19.8 Å². The fraction of sp³-hybridized carbons (Fsp3) is 0.818. The minimum Gasteiger partial charge on any atom is -0.481 e. The van der Waals surface area contributed by atoms with E-state index in [1.54, 1.807) is 0 Å². The molecule has 0 aromatic rings. The molecule has 1 amide bonds. The van der Waals surface area contributed by atoms with Crippen molar-refractivity contribution in [2.75, 3.05) is 19.6 Å². The van der Waals surface area contributed by atoms with Gasteiger partial charge in [0, 0.05) is 19.1 Å². The molecule has 2 atom stereocenters. The van der Waals surface area contributed by atoms with Crippen LogP contribution in [-0.4, -0.2) is 47.6 Å². The van der Waals surface area contributed by atoms with Gasteiger partial charge >= 0.3 is 5.97 Å². The van der Waals surface area contributed by atoms with Gasteiger partial charge in [0.05, 0.1) is 12.5 Å².